The van der Waals surface area contributed by atoms with Crippen LogP contribution in [0.25, 0.3) is 0 Å². The first-order valence-electron chi connectivity index (χ1n) is 6.32. The molecule has 0 radical (unpaired) electrons. The lowest BCUT2D eigenvalue weighted by atomic mass is 9.74. The van der Waals surface area contributed by atoms with E-state index in [-0.39, 0.29) is 0 Å². The molecule has 4 atom stereocenters. The van der Waals surface area contributed by atoms with Crippen molar-refractivity contribution in [3.05, 3.63) is 0 Å². The van der Waals surface area contributed by atoms with E-state index in [0.29, 0.717) is 0 Å². The van der Waals surface area contributed by atoms with E-state index in [1.807, 2.05) is 0 Å². The molecule has 2 saturated carbocycles. The molecule has 3 fully saturated rings. The minimum absolute atomic E-state index is 0.771. The molecule has 2 nitrogen and oxygen atoms in total. The van der Waals surface area contributed by atoms with Gasteiger partial charge in [-0.15, -0.1) is 0 Å². The quantitative estimate of drug-likeness (QED) is 0.680. The van der Waals surface area contributed by atoms with Crippen molar-refractivity contribution in [1.29, 1.82) is 0 Å². The Morgan fingerprint density at radius 3 is 2.64 bits per heavy atom. The van der Waals surface area contributed by atoms with Crippen molar-refractivity contribution >= 4 is 0 Å². The second-order valence-electron chi connectivity index (χ2n) is 5.44. The lowest BCUT2D eigenvalue weighted by molar-refractivity contribution is 0.0533. The summed E-state index contributed by atoms with van der Waals surface area (Å²) in [6, 6.07) is 1.72. The summed E-state index contributed by atoms with van der Waals surface area (Å²) >= 11 is 0. The highest BCUT2D eigenvalue weighted by atomic mass is 15.2. The van der Waals surface area contributed by atoms with E-state index in [9.17, 15) is 0 Å². The van der Waals surface area contributed by atoms with E-state index >= 15 is 0 Å². The van der Waals surface area contributed by atoms with E-state index in [0.717, 1.165) is 23.9 Å². The molecule has 4 unspecified atom stereocenters. The van der Waals surface area contributed by atoms with Gasteiger partial charge < -0.3 is 5.32 Å². The summed E-state index contributed by atoms with van der Waals surface area (Å²) in [5.74, 6) is 2.19. The maximum Gasteiger partial charge on any atom is 0.0195 e. The van der Waals surface area contributed by atoms with Crippen LogP contribution in [0.3, 0.4) is 0 Å². The van der Waals surface area contributed by atoms with Gasteiger partial charge in [0.25, 0.3) is 0 Å². The molecule has 0 aromatic carbocycles. The van der Waals surface area contributed by atoms with Crippen molar-refractivity contribution in [2.45, 2.75) is 44.7 Å². The molecule has 2 heteroatoms. The maximum absolute atomic E-state index is 3.49. The van der Waals surface area contributed by atoms with Gasteiger partial charge in [0, 0.05) is 31.7 Å². The smallest absolute Gasteiger partial charge is 0.0195 e. The van der Waals surface area contributed by atoms with Crippen LogP contribution < -0.4 is 5.32 Å². The zero-order valence-electron chi connectivity index (χ0n) is 9.21. The number of nitrogens with zero attached hydrogens (tertiary/aromatic N) is 1. The fraction of sp³-hybridized carbons (Fsp3) is 1.00. The van der Waals surface area contributed by atoms with Gasteiger partial charge in [-0.3, -0.25) is 4.90 Å². The Morgan fingerprint density at radius 2 is 2.00 bits per heavy atom. The molecule has 1 N–H and O–H groups in total. The van der Waals surface area contributed by atoms with E-state index in [2.05, 4.69) is 17.1 Å². The zero-order valence-corrected chi connectivity index (χ0v) is 9.21. The van der Waals surface area contributed by atoms with Crippen molar-refractivity contribution in [2.75, 3.05) is 19.6 Å². The topological polar surface area (TPSA) is 15.3 Å². The normalized spacial score (nSPS) is 48.6. The van der Waals surface area contributed by atoms with Crippen LogP contribution in [-0.2, 0) is 0 Å². The molecule has 0 amide bonds. The number of hydrogen-bond donors (Lipinski definition) is 1. The molecule has 14 heavy (non-hydrogen) atoms. The van der Waals surface area contributed by atoms with Crippen molar-refractivity contribution in [3.8, 4) is 0 Å². The van der Waals surface area contributed by atoms with Crippen LogP contribution >= 0.6 is 0 Å². The molecular weight excluding hydrogens is 172 g/mol. The van der Waals surface area contributed by atoms with Gasteiger partial charge in [-0.2, -0.15) is 0 Å². The molecule has 0 bridgehead atoms. The second-order valence-corrected chi connectivity index (χ2v) is 5.44. The van der Waals surface area contributed by atoms with Crippen molar-refractivity contribution in [1.82, 2.24) is 10.2 Å². The minimum Gasteiger partial charge on any atom is -0.314 e. The number of fused-ring (bicyclic) bond motifs is 1. The lowest BCUT2D eigenvalue weighted by Crippen LogP contribution is -2.55. The van der Waals surface area contributed by atoms with Crippen LogP contribution in [-0.4, -0.2) is 36.6 Å². The summed E-state index contributed by atoms with van der Waals surface area (Å²) < 4.78 is 0. The summed E-state index contributed by atoms with van der Waals surface area (Å²) in [6.07, 6.45) is 6.05. The monoisotopic (exact) mass is 194 g/mol. The summed E-state index contributed by atoms with van der Waals surface area (Å²) in [5, 5.41) is 3.49. The molecule has 2 aliphatic carbocycles. The molecule has 0 aromatic rings. The van der Waals surface area contributed by atoms with Crippen LogP contribution in [0.1, 0.15) is 32.6 Å². The van der Waals surface area contributed by atoms with Crippen molar-refractivity contribution in [2.24, 2.45) is 11.8 Å². The molecule has 3 rings (SSSR count). The average molecular weight is 194 g/mol. The molecule has 3 aliphatic rings. The first-order valence-corrected chi connectivity index (χ1v) is 6.32. The van der Waals surface area contributed by atoms with Gasteiger partial charge in [0.05, 0.1) is 0 Å². The first kappa shape index (κ1) is 9.17. The summed E-state index contributed by atoms with van der Waals surface area (Å²) in [7, 11) is 0. The van der Waals surface area contributed by atoms with Gasteiger partial charge >= 0.3 is 0 Å². The number of nitrogens with one attached hydrogen (secondary N) is 1. The molecule has 1 saturated heterocycles. The zero-order chi connectivity index (χ0) is 9.54. The van der Waals surface area contributed by atoms with Crippen LogP contribution in [0.5, 0.6) is 0 Å². The summed E-state index contributed by atoms with van der Waals surface area (Å²) in [6.45, 7) is 6.08. The molecule has 80 valence electrons. The minimum atomic E-state index is 0.771. The van der Waals surface area contributed by atoms with Crippen LogP contribution in [0.4, 0.5) is 0 Å². The highest BCUT2D eigenvalue weighted by Gasteiger charge is 2.45. The summed E-state index contributed by atoms with van der Waals surface area (Å²) in [4.78, 5) is 2.79. The van der Waals surface area contributed by atoms with Gasteiger partial charge in [-0.05, 0) is 44.4 Å². The Labute approximate surface area is 87.0 Å². The first-order chi connectivity index (χ1) is 6.86. The number of piperazine rings is 1. The molecule has 0 spiro atoms. The Bertz CT molecular complexity index is 214. The fourth-order valence-corrected chi connectivity index (χ4v) is 3.82. The van der Waals surface area contributed by atoms with Gasteiger partial charge in [0.15, 0.2) is 0 Å². The Kier molecular flexibility index (Phi) is 2.29. The van der Waals surface area contributed by atoms with Gasteiger partial charge in [0.1, 0.15) is 0 Å². The third kappa shape index (κ3) is 1.31. The second kappa shape index (κ2) is 3.49. The summed E-state index contributed by atoms with van der Waals surface area (Å²) in [5.41, 5.74) is 0. The standard InChI is InChI=1S/C12H22N2/c1-9-8-13-6-7-14(9)12-5-3-10-2-4-11(10)12/h9-13H,2-8H2,1H3. The SMILES string of the molecule is CC1CNCCN1C1CCC2CCC21. The van der Waals surface area contributed by atoms with Crippen LogP contribution in [0.2, 0.25) is 0 Å². The van der Waals surface area contributed by atoms with Crippen molar-refractivity contribution in [3.63, 3.8) is 0 Å². The Morgan fingerprint density at radius 1 is 1.14 bits per heavy atom. The van der Waals surface area contributed by atoms with Gasteiger partial charge in [0.2, 0.25) is 0 Å². The lowest BCUT2D eigenvalue weighted by Gasteiger charge is -2.44. The Hall–Kier alpha value is -0.0800. The fourth-order valence-electron chi connectivity index (χ4n) is 3.82. The van der Waals surface area contributed by atoms with E-state index in [1.54, 1.807) is 0 Å². The van der Waals surface area contributed by atoms with E-state index in [4.69, 9.17) is 0 Å². The van der Waals surface area contributed by atoms with E-state index < -0.39 is 0 Å². The third-order valence-corrected chi connectivity index (χ3v) is 4.78. The predicted molar refractivity (Wildman–Crippen MR) is 58.3 cm³/mol. The third-order valence-electron chi connectivity index (χ3n) is 4.78. The molecule has 1 heterocycles. The predicted octanol–water partition coefficient (Wildman–Crippen LogP) is 1.47. The highest BCUT2D eigenvalue weighted by molar-refractivity contribution is 4.99. The number of hydrogen-bond acceptors (Lipinski definition) is 2. The number of rotatable bonds is 1. The van der Waals surface area contributed by atoms with E-state index in [1.165, 1.54) is 45.3 Å². The average Bonchev–Trinajstić information content (AvgIpc) is 2.42. The largest absolute Gasteiger partial charge is 0.314 e. The highest BCUT2D eigenvalue weighted by Crippen LogP contribution is 2.49. The van der Waals surface area contributed by atoms with Crippen LogP contribution in [0.15, 0.2) is 0 Å². The van der Waals surface area contributed by atoms with Crippen LogP contribution in [0, 0.1) is 11.8 Å². The molecule has 1 aliphatic heterocycles. The molecular formula is C12H22N2. The Balaban J connectivity index is 1.68. The van der Waals surface area contributed by atoms with Crippen molar-refractivity contribution < 1.29 is 0 Å². The van der Waals surface area contributed by atoms with Gasteiger partial charge in [-0.1, -0.05) is 0 Å². The molecule has 0 aromatic heterocycles. The van der Waals surface area contributed by atoms with Gasteiger partial charge in [-0.25, -0.2) is 0 Å². The maximum atomic E-state index is 3.49.